The molecule has 1 aliphatic rings. The topological polar surface area (TPSA) is 67.9 Å². The van der Waals surface area contributed by atoms with Crippen molar-refractivity contribution in [2.75, 3.05) is 46.6 Å². The Morgan fingerprint density at radius 1 is 1.23 bits per heavy atom. The first-order chi connectivity index (χ1) is 12.6. The highest BCUT2D eigenvalue weighted by molar-refractivity contribution is 5.94. The van der Waals surface area contributed by atoms with E-state index in [4.69, 9.17) is 9.47 Å². The first kappa shape index (κ1) is 20.3. The summed E-state index contributed by atoms with van der Waals surface area (Å²) >= 11 is 0. The number of benzene rings is 1. The van der Waals surface area contributed by atoms with Crippen LogP contribution in [0.15, 0.2) is 24.3 Å². The lowest BCUT2D eigenvalue weighted by Crippen LogP contribution is -2.45. The fraction of sp³-hybridized carbons (Fsp3) is 0.579. The zero-order chi connectivity index (χ0) is 18.8. The standard InChI is InChI=1S/C19H27FN2O4/c1-25-12-13-26-11-3-9-21-18(23)16-4-2-10-22(14-16)19(24)15-5-7-17(20)8-6-15/h5-8,16H,2-4,9-14H2,1H3,(H,21,23). The second-order valence-corrected chi connectivity index (χ2v) is 6.35. The van der Waals surface area contributed by atoms with Gasteiger partial charge in [0.05, 0.1) is 19.1 Å². The lowest BCUT2D eigenvalue weighted by molar-refractivity contribution is -0.126. The minimum absolute atomic E-state index is 0.0292. The van der Waals surface area contributed by atoms with Crippen LogP contribution in [-0.2, 0) is 14.3 Å². The first-order valence-electron chi connectivity index (χ1n) is 9.01. The fourth-order valence-corrected chi connectivity index (χ4v) is 2.93. The molecule has 6 nitrogen and oxygen atoms in total. The third-order valence-corrected chi connectivity index (χ3v) is 4.37. The van der Waals surface area contributed by atoms with Crippen molar-refractivity contribution in [3.8, 4) is 0 Å². The van der Waals surface area contributed by atoms with E-state index in [9.17, 15) is 14.0 Å². The van der Waals surface area contributed by atoms with Crippen LogP contribution in [0.4, 0.5) is 4.39 Å². The molecule has 1 aromatic carbocycles. The van der Waals surface area contributed by atoms with E-state index in [0.29, 0.717) is 45.0 Å². The van der Waals surface area contributed by atoms with Gasteiger partial charge >= 0.3 is 0 Å². The van der Waals surface area contributed by atoms with Crippen LogP contribution in [0.5, 0.6) is 0 Å². The zero-order valence-corrected chi connectivity index (χ0v) is 15.2. The molecule has 1 saturated heterocycles. The summed E-state index contributed by atoms with van der Waals surface area (Å²) in [5.41, 5.74) is 0.445. The molecule has 26 heavy (non-hydrogen) atoms. The third kappa shape index (κ3) is 6.38. The van der Waals surface area contributed by atoms with Crippen molar-refractivity contribution in [2.24, 2.45) is 5.92 Å². The normalized spacial score (nSPS) is 17.2. The average molecular weight is 366 g/mol. The van der Waals surface area contributed by atoms with Gasteiger partial charge in [-0.15, -0.1) is 0 Å². The molecule has 0 radical (unpaired) electrons. The Morgan fingerprint density at radius 3 is 2.73 bits per heavy atom. The van der Waals surface area contributed by atoms with E-state index >= 15 is 0 Å². The van der Waals surface area contributed by atoms with Crippen LogP contribution in [0.25, 0.3) is 0 Å². The van der Waals surface area contributed by atoms with Crippen molar-refractivity contribution >= 4 is 11.8 Å². The monoisotopic (exact) mass is 366 g/mol. The summed E-state index contributed by atoms with van der Waals surface area (Å²) in [5, 5.41) is 2.91. The Balaban J connectivity index is 1.73. The van der Waals surface area contributed by atoms with Crippen molar-refractivity contribution in [3.05, 3.63) is 35.6 Å². The van der Waals surface area contributed by atoms with E-state index in [0.717, 1.165) is 19.3 Å². The number of nitrogens with one attached hydrogen (secondary N) is 1. The largest absolute Gasteiger partial charge is 0.382 e. The molecule has 1 aliphatic heterocycles. The summed E-state index contributed by atoms with van der Waals surface area (Å²) in [5.74, 6) is -0.765. The summed E-state index contributed by atoms with van der Waals surface area (Å²) in [6.45, 7) is 3.25. The molecule has 2 rings (SSSR count). The van der Waals surface area contributed by atoms with Gasteiger partial charge in [0.25, 0.3) is 5.91 Å². The Hall–Kier alpha value is -1.99. The summed E-state index contributed by atoms with van der Waals surface area (Å²) < 4.78 is 23.2. The highest BCUT2D eigenvalue weighted by Crippen LogP contribution is 2.19. The molecule has 1 aromatic rings. The molecule has 2 amide bonds. The number of amides is 2. The van der Waals surface area contributed by atoms with Crippen LogP contribution in [-0.4, -0.2) is 63.3 Å². The second-order valence-electron chi connectivity index (χ2n) is 6.35. The highest BCUT2D eigenvalue weighted by atomic mass is 19.1. The van der Waals surface area contributed by atoms with Crippen molar-refractivity contribution in [1.82, 2.24) is 10.2 Å². The van der Waals surface area contributed by atoms with Crippen LogP contribution in [0.3, 0.4) is 0 Å². The summed E-state index contributed by atoms with van der Waals surface area (Å²) in [6.07, 6.45) is 2.29. The van der Waals surface area contributed by atoms with E-state index in [2.05, 4.69) is 5.32 Å². The van der Waals surface area contributed by atoms with Crippen molar-refractivity contribution in [2.45, 2.75) is 19.3 Å². The number of ether oxygens (including phenoxy) is 2. The van der Waals surface area contributed by atoms with Gasteiger partial charge in [0.15, 0.2) is 0 Å². The molecule has 0 saturated carbocycles. The van der Waals surface area contributed by atoms with Gasteiger partial charge in [-0.3, -0.25) is 9.59 Å². The Kier molecular flexibility index (Phi) is 8.50. The van der Waals surface area contributed by atoms with E-state index in [1.54, 1.807) is 12.0 Å². The lowest BCUT2D eigenvalue weighted by Gasteiger charge is -2.32. The maximum Gasteiger partial charge on any atom is 0.253 e. The Bertz CT molecular complexity index is 579. The number of carbonyl (C=O) groups excluding carboxylic acids is 2. The molecule has 1 heterocycles. The summed E-state index contributed by atoms with van der Waals surface area (Å²) in [4.78, 5) is 26.5. The number of hydrogen-bond donors (Lipinski definition) is 1. The van der Waals surface area contributed by atoms with Gasteiger partial charge in [0, 0.05) is 38.9 Å². The molecule has 1 atom stereocenters. The molecule has 0 bridgehead atoms. The van der Waals surface area contributed by atoms with E-state index < -0.39 is 0 Å². The summed E-state index contributed by atoms with van der Waals surface area (Å²) in [6, 6.07) is 5.50. The number of halogens is 1. The quantitative estimate of drug-likeness (QED) is 0.678. The predicted molar refractivity (Wildman–Crippen MR) is 95.3 cm³/mol. The number of methoxy groups -OCH3 is 1. The number of likely N-dealkylation sites (tertiary alicyclic amines) is 1. The minimum atomic E-state index is -0.372. The minimum Gasteiger partial charge on any atom is -0.382 e. The first-order valence-corrected chi connectivity index (χ1v) is 9.01. The van der Waals surface area contributed by atoms with Crippen molar-refractivity contribution < 1.29 is 23.5 Å². The molecule has 0 aromatic heterocycles. The molecule has 1 N–H and O–H groups in total. The SMILES string of the molecule is COCCOCCCNC(=O)C1CCCN(C(=O)c2ccc(F)cc2)C1. The van der Waals surface area contributed by atoms with Crippen LogP contribution in [0.2, 0.25) is 0 Å². The number of hydrogen-bond acceptors (Lipinski definition) is 4. The lowest BCUT2D eigenvalue weighted by atomic mass is 9.96. The zero-order valence-electron chi connectivity index (χ0n) is 15.2. The van der Waals surface area contributed by atoms with E-state index in [-0.39, 0.29) is 23.5 Å². The molecule has 0 aliphatic carbocycles. The second kappa shape index (κ2) is 10.9. The van der Waals surface area contributed by atoms with E-state index in [1.165, 1.54) is 24.3 Å². The fourth-order valence-electron chi connectivity index (χ4n) is 2.93. The van der Waals surface area contributed by atoms with Crippen molar-refractivity contribution in [3.63, 3.8) is 0 Å². The van der Waals surface area contributed by atoms with Gasteiger partial charge in [0.1, 0.15) is 5.82 Å². The highest BCUT2D eigenvalue weighted by Gasteiger charge is 2.28. The number of piperidine rings is 1. The van der Waals surface area contributed by atoms with Gasteiger partial charge in [-0.25, -0.2) is 4.39 Å². The molecule has 1 unspecified atom stereocenters. The van der Waals surface area contributed by atoms with Crippen LogP contribution < -0.4 is 5.32 Å². The molecule has 144 valence electrons. The van der Waals surface area contributed by atoms with Gasteiger partial charge in [-0.2, -0.15) is 0 Å². The molecule has 1 fully saturated rings. The number of nitrogens with zero attached hydrogens (tertiary/aromatic N) is 1. The van der Waals surface area contributed by atoms with Gasteiger partial charge in [-0.05, 0) is 43.5 Å². The number of carbonyl (C=O) groups is 2. The average Bonchev–Trinajstić information content (AvgIpc) is 2.67. The van der Waals surface area contributed by atoms with Crippen LogP contribution >= 0.6 is 0 Å². The predicted octanol–water partition coefficient (Wildman–Crippen LogP) is 1.85. The van der Waals surface area contributed by atoms with Crippen molar-refractivity contribution in [1.29, 1.82) is 0 Å². The Morgan fingerprint density at radius 2 is 2.00 bits per heavy atom. The van der Waals surface area contributed by atoms with Gasteiger partial charge in [0.2, 0.25) is 5.91 Å². The molecular formula is C19H27FN2O4. The van der Waals surface area contributed by atoms with Crippen LogP contribution in [0, 0.1) is 11.7 Å². The third-order valence-electron chi connectivity index (χ3n) is 4.37. The maximum absolute atomic E-state index is 13.0. The maximum atomic E-state index is 13.0. The molecule has 0 spiro atoms. The van der Waals surface area contributed by atoms with Crippen LogP contribution in [0.1, 0.15) is 29.6 Å². The smallest absolute Gasteiger partial charge is 0.253 e. The summed E-state index contributed by atoms with van der Waals surface area (Å²) in [7, 11) is 1.62. The molecule has 7 heteroatoms. The van der Waals surface area contributed by atoms with Gasteiger partial charge in [-0.1, -0.05) is 0 Å². The van der Waals surface area contributed by atoms with E-state index in [1.807, 2.05) is 0 Å². The van der Waals surface area contributed by atoms with Gasteiger partial charge < -0.3 is 19.7 Å². The number of rotatable bonds is 9. The molecular weight excluding hydrogens is 339 g/mol. The Labute approximate surface area is 153 Å².